The minimum atomic E-state index is -0.203. The van der Waals surface area contributed by atoms with Crippen molar-refractivity contribution in [2.45, 2.75) is 76.2 Å². The van der Waals surface area contributed by atoms with Crippen molar-refractivity contribution in [1.29, 1.82) is 0 Å². The molecule has 2 atom stereocenters. The van der Waals surface area contributed by atoms with Crippen molar-refractivity contribution in [1.82, 2.24) is 19.0 Å². The van der Waals surface area contributed by atoms with Crippen LogP contribution >= 0.6 is 24.6 Å². The largest absolute Gasteiger partial charge is 0.466 e. The van der Waals surface area contributed by atoms with Crippen molar-refractivity contribution in [3.63, 3.8) is 0 Å². The van der Waals surface area contributed by atoms with E-state index < -0.39 is 0 Å². The summed E-state index contributed by atoms with van der Waals surface area (Å²) >= 11 is 6.55. The van der Waals surface area contributed by atoms with Crippen LogP contribution in [0.3, 0.4) is 0 Å². The number of likely N-dealkylation sites (tertiary alicyclic amines) is 1. The highest BCUT2D eigenvalue weighted by molar-refractivity contribution is 7.96. The average Bonchev–Trinajstić information content (AvgIpc) is 3.64. The van der Waals surface area contributed by atoms with Gasteiger partial charge in [-0.2, -0.15) is 17.7 Å². The van der Waals surface area contributed by atoms with Crippen LogP contribution in [0.15, 0.2) is 10.9 Å². The molecule has 0 bridgehead atoms. The van der Waals surface area contributed by atoms with Gasteiger partial charge in [-0.1, -0.05) is 25.8 Å². The van der Waals surface area contributed by atoms with Crippen molar-refractivity contribution in [2.24, 2.45) is 5.92 Å². The van der Waals surface area contributed by atoms with Crippen LogP contribution in [0.25, 0.3) is 0 Å². The summed E-state index contributed by atoms with van der Waals surface area (Å²) < 4.78 is 14.3. The third kappa shape index (κ3) is 8.48. The minimum Gasteiger partial charge on any atom is -0.466 e. The molecule has 1 saturated carbocycles. The van der Waals surface area contributed by atoms with E-state index in [2.05, 4.69) is 23.1 Å². The van der Waals surface area contributed by atoms with Gasteiger partial charge in [0, 0.05) is 57.6 Å². The number of rotatable bonds is 16. The molecule has 1 aliphatic carbocycles. The van der Waals surface area contributed by atoms with E-state index in [1.807, 2.05) is 19.2 Å². The fourth-order valence-electron chi connectivity index (χ4n) is 4.73. The summed E-state index contributed by atoms with van der Waals surface area (Å²) in [7, 11) is 1.76. The van der Waals surface area contributed by atoms with Crippen LogP contribution in [0.2, 0.25) is 0 Å². The lowest BCUT2D eigenvalue weighted by Gasteiger charge is -2.38. The minimum absolute atomic E-state index is 0.0371. The Balaban J connectivity index is 1.82. The van der Waals surface area contributed by atoms with E-state index in [1.165, 1.54) is 0 Å². The first kappa shape index (κ1) is 29.5. The summed E-state index contributed by atoms with van der Waals surface area (Å²) in [5.74, 6) is 0.704. The molecule has 1 aromatic heterocycles. The number of esters is 1. The fourth-order valence-corrected chi connectivity index (χ4v) is 5.95. The molecule has 8 nitrogen and oxygen atoms in total. The zero-order valence-corrected chi connectivity index (χ0v) is 24.2. The Morgan fingerprint density at radius 1 is 1.33 bits per heavy atom. The molecule has 36 heavy (non-hydrogen) atoms. The van der Waals surface area contributed by atoms with Crippen molar-refractivity contribution >= 4 is 30.5 Å². The average molecular weight is 541 g/mol. The van der Waals surface area contributed by atoms with Crippen molar-refractivity contribution < 1.29 is 14.3 Å². The Labute approximate surface area is 226 Å². The number of hydrogen-bond acceptors (Lipinski definition) is 9. The highest BCUT2D eigenvalue weighted by atomic mass is 32.2. The van der Waals surface area contributed by atoms with E-state index in [0.717, 1.165) is 56.6 Å². The summed E-state index contributed by atoms with van der Waals surface area (Å²) in [6.07, 6.45) is 6.60. The Hall–Kier alpha value is -1.07. The molecule has 1 aromatic rings. The molecule has 0 spiro atoms. The van der Waals surface area contributed by atoms with Gasteiger partial charge in [-0.25, -0.2) is 8.99 Å². The smallest absolute Gasteiger partial charge is 0.307 e. The molecular formula is C26H44N4O4S2. The molecule has 0 radical (unpaired) electrons. The lowest BCUT2D eigenvalue weighted by Crippen LogP contribution is -2.52. The lowest BCUT2D eigenvalue weighted by molar-refractivity contribution is -0.143. The van der Waals surface area contributed by atoms with Gasteiger partial charge in [0.2, 0.25) is 0 Å². The fraction of sp³-hybridized carbons (Fsp3) is 0.808. The third-order valence-electron chi connectivity index (χ3n) is 7.00. The van der Waals surface area contributed by atoms with Gasteiger partial charge >= 0.3 is 5.97 Å². The molecule has 0 amide bonds. The maximum absolute atomic E-state index is 13.4. The van der Waals surface area contributed by atoms with Gasteiger partial charge < -0.3 is 9.47 Å². The predicted molar refractivity (Wildman–Crippen MR) is 149 cm³/mol. The van der Waals surface area contributed by atoms with E-state index in [9.17, 15) is 9.59 Å². The van der Waals surface area contributed by atoms with Crippen molar-refractivity contribution in [2.75, 3.05) is 52.7 Å². The first-order valence-electron chi connectivity index (χ1n) is 13.3. The van der Waals surface area contributed by atoms with Crippen LogP contribution in [-0.2, 0) is 20.7 Å². The van der Waals surface area contributed by atoms with Gasteiger partial charge in [-0.05, 0) is 49.8 Å². The quantitative estimate of drug-likeness (QED) is 0.194. The molecule has 3 rings (SSSR count). The lowest BCUT2D eigenvalue weighted by atomic mass is 10.0. The highest BCUT2D eigenvalue weighted by Gasteiger charge is 2.32. The number of hydrogen-bond donors (Lipinski definition) is 1. The van der Waals surface area contributed by atoms with Crippen LogP contribution in [-0.4, -0.2) is 89.0 Å². The normalized spacial score (nSPS) is 18.4. The van der Waals surface area contributed by atoms with Gasteiger partial charge in [0.15, 0.2) is 0 Å². The number of ether oxygens (including phenoxy) is 2. The van der Waals surface area contributed by atoms with Crippen LogP contribution in [0.4, 0.5) is 0 Å². The van der Waals surface area contributed by atoms with Crippen molar-refractivity contribution in [3.05, 3.63) is 27.7 Å². The first-order chi connectivity index (χ1) is 17.2. The Kier molecular flexibility index (Phi) is 11.6. The van der Waals surface area contributed by atoms with E-state index >= 15 is 0 Å². The second-order valence-electron chi connectivity index (χ2n) is 10.4. The molecule has 0 aromatic carbocycles. The van der Waals surface area contributed by atoms with Crippen LogP contribution < -0.4 is 5.56 Å². The summed E-state index contributed by atoms with van der Waals surface area (Å²) in [5.41, 5.74) is 2.11. The summed E-state index contributed by atoms with van der Waals surface area (Å²) in [5, 5.41) is 4.98. The van der Waals surface area contributed by atoms with Gasteiger partial charge in [0.1, 0.15) is 0 Å². The van der Waals surface area contributed by atoms with Gasteiger partial charge in [-0.15, -0.1) is 0 Å². The Bertz CT molecular complexity index is 902. The maximum Gasteiger partial charge on any atom is 0.307 e. The van der Waals surface area contributed by atoms with Crippen LogP contribution in [0.1, 0.15) is 69.7 Å². The molecular weight excluding hydrogens is 496 g/mol. The van der Waals surface area contributed by atoms with Crippen LogP contribution in [0, 0.1) is 5.92 Å². The molecule has 2 fully saturated rings. The third-order valence-corrected chi connectivity index (χ3v) is 8.40. The Morgan fingerprint density at radius 3 is 2.64 bits per heavy atom. The number of aromatic nitrogens is 2. The Morgan fingerprint density at radius 2 is 2.06 bits per heavy atom. The summed E-state index contributed by atoms with van der Waals surface area (Å²) in [6, 6.07) is 1.63. The molecule has 2 heterocycles. The zero-order valence-electron chi connectivity index (χ0n) is 22.5. The van der Waals surface area contributed by atoms with Gasteiger partial charge in [0.05, 0.1) is 30.9 Å². The van der Waals surface area contributed by atoms with E-state index in [4.69, 9.17) is 27.2 Å². The maximum atomic E-state index is 13.4. The second-order valence-corrected chi connectivity index (χ2v) is 11.9. The highest BCUT2D eigenvalue weighted by Crippen LogP contribution is 2.41. The summed E-state index contributed by atoms with van der Waals surface area (Å²) in [4.78, 5) is 27.7. The zero-order chi connectivity index (χ0) is 26.2. The molecule has 2 unspecified atom stereocenters. The summed E-state index contributed by atoms with van der Waals surface area (Å²) in [6.45, 7) is 10.5. The van der Waals surface area contributed by atoms with E-state index in [-0.39, 0.29) is 22.8 Å². The molecule has 10 heteroatoms. The molecule has 0 N–H and O–H groups in total. The number of carbonyl (C=O) groups is 1. The standard InChI is InChI=1S/C26H44N4O4S2/c1-6-34-26(32)10-12-29(36-5)17-23(24(35)13-18(2)3)30-25(31)14-21(19-7-8-19)22(27-30)9-11-28-15-20(16-28)33-4/h14,18-20,23-24,35H,6-13,15-17H2,1-5H3. The molecule has 1 saturated heterocycles. The SMILES string of the molecule is CCOC(=O)CCN(CC(C(S)CC(C)C)n1nc(CCN2CC(OC)C2)c(C2CC2)cc1=O)SC. The number of methoxy groups -OCH3 is 1. The van der Waals surface area contributed by atoms with E-state index in [0.29, 0.717) is 44.1 Å². The monoisotopic (exact) mass is 540 g/mol. The van der Waals surface area contributed by atoms with Crippen LogP contribution in [0.5, 0.6) is 0 Å². The van der Waals surface area contributed by atoms with Gasteiger partial charge in [-0.3, -0.25) is 14.5 Å². The molecule has 2 aliphatic rings. The number of carbonyl (C=O) groups excluding carboxylic acids is 1. The number of nitrogens with zero attached hydrogens (tertiary/aromatic N) is 4. The molecule has 1 aliphatic heterocycles. The number of thiol groups is 1. The second kappa shape index (κ2) is 14.2. The molecule has 204 valence electrons. The predicted octanol–water partition coefficient (Wildman–Crippen LogP) is 3.41. The van der Waals surface area contributed by atoms with Gasteiger partial charge in [0.25, 0.3) is 5.56 Å². The topological polar surface area (TPSA) is 76.9 Å². The van der Waals surface area contributed by atoms with Crippen molar-refractivity contribution in [3.8, 4) is 0 Å². The first-order valence-corrected chi connectivity index (χ1v) is 15.0. The van der Waals surface area contributed by atoms with E-state index in [1.54, 1.807) is 23.7 Å².